The molecule has 0 atom stereocenters. The largest absolute Gasteiger partial charge is 0.493 e. The van der Waals surface area contributed by atoms with Crippen molar-refractivity contribution in [2.24, 2.45) is 0 Å². The Hall–Kier alpha value is -3.39. The molecule has 34 heavy (non-hydrogen) atoms. The smallest absolute Gasteiger partial charge is 0.291 e. The highest BCUT2D eigenvalue weighted by molar-refractivity contribution is 7.15. The summed E-state index contributed by atoms with van der Waals surface area (Å²) in [4.78, 5) is 17.9. The molecule has 2 heterocycles. The highest BCUT2D eigenvalue weighted by atomic mass is 35.5. The topological polar surface area (TPSA) is 65.7 Å². The molecule has 0 aliphatic heterocycles. The van der Waals surface area contributed by atoms with Crippen molar-refractivity contribution >= 4 is 45.6 Å². The monoisotopic (exact) mass is 509 g/mol. The van der Waals surface area contributed by atoms with E-state index in [2.05, 4.69) is 10.1 Å². The van der Waals surface area contributed by atoms with Crippen LogP contribution in [0, 0.1) is 0 Å². The van der Waals surface area contributed by atoms with E-state index >= 15 is 0 Å². The molecule has 0 fully saturated rings. The molecular weight excluding hydrogens is 493 g/mol. The Balaban J connectivity index is 1.44. The van der Waals surface area contributed by atoms with Gasteiger partial charge in [0.15, 0.2) is 17.3 Å². The average molecular weight is 510 g/mol. The zero-order valence-electron chi connectivity index (χ0n) is 17.9. The van der Waals surface area contributed by atoms with Gasteiger partial charge in [-0.15, -0.1) is 5.10 Å². The van der Waals surface area contributed by atoms with Crippen LogP contribution < -0.4 is 19.6 Å². The highest BCUT2D eigenvalue weighted by Gasteiger charge is 2.15. The Morgan fingerprint density at radius 2 is 1.85 bits per heavy atom. The third kappa shape index (κ3) is 4.50. The summed E-state index contributed by atoms with van der Waals surface area (Å²) < 4.78 is 13.2. The molecule has 6 nitrogen and oxygen atoms in total. The predicted molar refractivity (Wildman–Crippen MR) is 135 cm³/mol. The number of hydrogen-bond acceptors (Lipinski definition) is 6. The molecule has 2 aromatic heterocycles. The van der Waals surface area contributed by atoms with Gasteiger partial charge in [0.05, 0.1) is 16.7 Å². The van der Waals surface area contributed by atoms with Gasteiger partial charge in [0, 0.05) is 10.6 Å². The number of thiazole rings is 1. The summed E-state index contributed by atoms with van der Waals surface area (Å²) in [5, 5.41) is 5.29. The van der Waals surface area contributed by atoms with Gasteiger partial charge in [0.2, 0.25) is 4.96 Å². The van der Waals surface area contributed by atoms with Gasteiger partial charge in [-0.2, -0.15) is 9.50 Å². The first-order valence-electron chi connectivity index (χ1n) is 10.2. The van der Waals surface area contributed by atoms with Gasteiger partial charge in [-0.3, -0.25) is 4.79 Å². The maximum Gasteiger partial charge on any atom is 0.291 e. The van der Waals surface area contributed by atoms with Crippen LogP contribution >= 0.6 is 34.5 Å². The Kier molecular flexibility index (Phi) is 6.24. The van der Waals surface area contributed by atoms with E-state index in [9.17, 15) is 4.79 Å². The van der Waals surface area contributed by atoms with Crippen LogP contribution in [-0.4, -0.2) is 21.7 Å². The Labute approximate surface area is 208 Å². The van der Waals surface area contributed by atoms with E-state index in [1.54, 1.807) is 31.4 Å². The second-order valence-electron chi connectivity index (χ2n) is 7.35. The summed E-state index contributed by atoms with van der Waals surface area (Å²) in [6, 6.07) is 20.5. The fourth-order valence-electron chi connectivity index (χ4n) is 3.40. The molecule has 170 valence electrons. The summed E-state index contributed by atoms with van der Waals surface area (Å²) in [6.45, 7) is 0.429. The minimum absolute atomic E-state index is 0.257. The zero-order chi connectivity index (χ0) is 23.7. The first-order chi connectivity index (χ1) is 16.5. The molecule has 9 heteroatoms. The minimum atomic E-state index is -0.257. The Bertz CT molecular complexity index is 1600. The number of rotatable bonds is 6. The molecule has 5 aromatic rings. The van der Waals surface area contributed by atoms with Gasteiger partial charge in [0.25, 0.3) is 5.56 Å². The number of benzene rings is 3. The van der Waals surface area contributed by atoms with E-state index in [1.807, 2.05) is 48.5 Å². The van der Waals surface area contributed by atoms with E-state index in [-0.39, 0.29) is 5.56 Å². The number of methoxy groups -OCH3 is 1. The zero-order valence-corrected chi connectivity index (χ0v) is 20.2. The van der Waals surface area contributed by atoms with Crippen LogP contribution in [0.15, 0.2) is 71.5 Å². The van der Waals surface area contributed by atoms with Crippen molar-refractivity contribution in [2.45, 2.75) is 6.61 Å². The molecule has 0 aliphatic rings. The molecule has 0 radical (unpaired) electrons. The number of hydrogen-bond donors (Lipinski definition) is 0. The van der Waals surface area contributed by atoms with Crippen molar-refractivity contribution in [2.75, 3.05) is 7.11 Å². The lowest BCUT2D eigenvalue weighted by atomic mass is 10.2. The lowest BCUT2D eigenvalue weighted by molar-refractivity contribution is 0.284. The maximum atomic E-state index is 12.9. The standard InChI is InChI=1S/C25H17Cl2N3O3S/c1-32-21-11-16(7-10-20(21)33-14-15-5-3-2-4-6-15)12-22-24(31)30-25(34-22)28-23(29-30)18-9-8-17(26)13-19(18)27/h2-13H,14H2,1H3/b22-12+. The molecule has 0 N–H and O–H groups in total. The second-order valence-corrected chi connectivity index (χ2v) is 9.21. The molecule has 0 spiro atoms. The SMILES string of the molecule is COc1cc(/C=c2/sc3nc(-c4ccc(Cl)cc4Cl)nn3c2=O)ccc1OCc1ccccc1. The van der Waals surface area contributed by atoms with Crippen molar-refractivity contribution < 1.29 is 9.47 Å². The molecule has 0 aliphatic carbocycles. The lowest BCUT2D eigenvalue weighted by Gasteiger charge is -2.11. The highest BCUT2D eigenvalue weighted by Crippen LogP contribution is 2.30. The van der Waals surface area contributed by atoms with E-state index < -0.39 is 0 Å². The summed E-state index contributed by atoms with van der Waals surface area (Å²) in [5.74, 6) is 1.58. The number of ether oxygens (including phenoxy) is 2. The summed E-state index contributed by atoms with van der Waals surface area (Å²) in [5.41, 5.74) is 2.21. The van der Waals surface area contributed by atoms with Gasteiger partial charge in [-0.05, 0) is 47.5 Å². The quantitative estimate of drug-likeness (QED) is 0.312. The number of aromatic nitrogens is 3. The van der Waals surface area contributed by atoms with E-state index in [1.165, 1.54) is 15.9 Å². The van der Waals surface area contributed by atoms with E-state index in [0.717, 1.165) is 11.1 Å². The lowest BCUT2D eigenvalue weighted by Crippen LogP contribution is -2.23. The van der Waals surface area contributed by atoms with Crippen molar-refractivity contribution in [1.29, 1.82) is 0 Å². The van der Waals surface area contributed by atoms with E-state index in [0.29, 0.717) is 49.0 Å². The van der Waals surface area contributed by atoms with Crippen LogP contribution in [-0.2, 0) is 6.61 Å². The van der Waals surface area contributed by atoms with Gasteiger partial charge >= 0.3 is 0 Å². The molecular formula is C25H17Cl2N3O3S. The summed E-state index contributed by atoms with van der Waals surface area (Å²) in [7, 11) is 1.58. The third-order valence-electron chi connectivity index (χ3n) is 5.08. The number of nitrogens with zero attached hydrogens (tertiary/aromatic N) is 3. The number of halogens is 2. The van der Waals surface area contributed by atoms with E-state index in [4.69, 9.17) is 32.7 Å². The summed E-state index contributed by atoms with van der Waals surface area (Å²) in [6.07, 6.45) is 1.78. The molecule has 0 amide bonds. The van der Waals surface area contributed by atoms with Crippen LogP contribution in [0.25, 0.3) is 22.4 Å². The molecule has 0 unspecified atom stereocenters. The second kappa shape index (κ2) is 9.46. The van der Waals surface area contributed by atoms with Crippen LogP contribution in [0.3, 0.4) is 0 Å². The Morgan fingerprint density at radius 3 is 2.59 bits per heavy atom. The maximum absolute atomic E-state index is 12.9. The first-order valence-corrected chi connectivity index (χ1v) is 11.8. The fourth-order valence-corrected chi connectivity index (χ4v) is 4.80. The van der Waals surface area contributed by atoms with Crippen molar-refractivity contribution in [3.8, 4) is 22.9 Å². The van der Waals surface area contributed by atoms with Crippen LogP contribution in [0.4, 0.5) is 0 Å². The normalized spacial score (nSPS) is 11.8. The molecule has 0 saturated heterocycles. The average Bonchev–Trinajstić information content (AvgIpc) is 3.37. The van der Waals surface area contributed by atoms with Crippen molar-refractivity contribution in [3.63, 3.8) is 0 Å². The first kappa shape index (κ1) is 22.4. The molecule has 3 aromatic carbocycles. The van der Waals surface area contributed by atoms with Crippen molar-refractivity contribution in [3.05, 3.63) is 103 Å². The number of fused-ring (bicyclic) bond motifs is 1. The van der Waals surface area contributed by atoms with Gasteiger partial charge in [-0.25, -0.2) is 0 Å². The predicted octanol–water partition coefficient (Wildman–Crippen LogP) is 5.26. The molecule has 0 bridgehead atoms. The van der Waals surface area contributed by atoms with Gasteiger partial charge in [-0.1, -0.05) is 70.9 Å². The van der Waals surface area contributed by atoms with Crippen LogP contribution in [0.1, 0.15) is 11.1 Å². The van der Waals surface area contributed by atoms with Crippen LogP contribution in [0.5, 0.6) is 11.5 Å². The Morgan fingerprint density at radius 1 is 1.03 bits per heavy atom. The van der Waals surface area contributed by atoms with Crippen LogP contribution in [0.2, 0.25) is 10.0 Å². The minimum Gasteiger partial charge on any atom is -0.493 e. The fraction of sp³-hybridized carbons (Fsp3) is 0.0800. The molecule has 0 saturated carbocycles. The summed E-state index contributed by atoms with van der Waals surface area (Å²) >= 11 is 13.5. The van der Waals surface area contributed by atoms with Gasteiger partial charge in [0.1, 0.15) is 6.61 Å². The molecule has 5 rings (SSSR count). The van der Waals surface area contributed by atoms with Gasteiger partial charge < -0.3 is 9.47 Å². The third-order valence-corrected chi connectivity index (χ3v) is 6.58. The van der Waals surface area contributed by atoms with Crippen molar-refractivity contribution in [1.82, 2.24) is 14.6 Å².